The van der Waals surface area contributed by atoms with Crippen molar-refractivity contribution in [1.29, 1.82) is 0 Å². The number of nitrogens with one attached hydrogen (secondary N) is 1. The molecule has 0 aromatic rings. The van der Waals surface area contributed by atoms with Crippen molar-refractivity contribution in [2.45, 2.75) is 63.5 Å². The van der Waals surface area contributed by atoms with Gasteiger partial charge in [-0.3, -0.25) is 4.79 Å². The third-order valence-electron chi connectivity index (χ3n) is 5.43. The molecule has 2 fully saturated rings. The molecule has 1 N–H and O–H groups in total. The average molecular weight is 282 g/mol. The summed E-state index contributed by atoms with van der Waals surface area (Å²) in [5, 5.41) is 3.12. The van der Waals surface area contributed by atoms with Crippen molar-refractivity contribution in [3.8, 4) is 0 Å². The molecule has 1 aliphatic heterocycles. The fourth-order valence-corrected chi connectivity index (χ4v) is 3.97. The molecule has 2 rings (SSSR count). The summed E-state index contributed by atoms with van der Waals surface area (Å²) in [5.74, 6) is 0.789. The van der Waals surface area contributed by atoms with Gasteiger partial charge in [0.15, 0.2) is 0 Å². The van der Waals surface area contributed by atoms with Crippen LogP contribution in [-0.4, -0.2) is 49.7 Å². The first-order valence-corrected chi connectivity index (χ1v) is 8.12. The van der Waals surface area contributed by atoms with Crippen LogP contribution in [0, 0.1) is 5.92 Å². The van der Waals surface area contributed by atoms with Gasteiger partial charge in [0.2, 0.25) is 0 Å². The maximum absolute atomic E-state index is 11.8. The smallest absolute Gasteiger partial charge is 0.325 e. The van der Waals surface area contributed by atoms with Crippen LogP contribution in [0.1, 0.15) is 51.9 Å². The molecule has 4 heteroatoms. The number of likely N-dealkylation sites (tertiary alicyclic amines) is 1. The maximum Gasteiger partial charge on any atom is 0.325 e. The van der Waals surface area contributed by atoms with Gasteiger partial charge in [-0.15, -0.1) is 0 Å². The molecule has 4 nitrogen and oxygen atoms in total. The van der Waals surface area contributed by atoms with E-state index in [0.717, 1.165) is 31.3 Å². The van der Waals surface area contributed by atoms with Gasteiger partial charge in [0.25, 0.3) is 0 Å². The molecule has 0 spiro atoms. The van der Waals surface area contributed by atoms with E-state index in [4.69, 9.17) is 4.74 Å². The minimum atomic E-state index is -0.541. The number of ether oxygens (including phenoxy) is 1. The monoisotopic (exact) mass is 282 g/mol. The highest BCUT2D eigenvalue weighted by molar-refractivity contribution is 5.80. The predicted molar refractivity (Wildman–Crippen MR) is 80.7 cm³/mol. The molecule has 2 aliphatic rings. The van der Waals surface area contributed by atoms with Crippen molar-refractivity contribution in [2.75, 3.05) is 27.2 Å². The molecule has 1 aliphatic carbocycles. The fourth-order valence-electron chi connectivity index (χ4n) is 3.97. The Balaban J connectivity index is 1.79. The standard InChI is InChI=1S/C16H30N2O2/c1-16(17-2,15(19)20-3)10-6-11-18-12-9-13-7-4-5-8-14(13)18/h13-14,17H,4-12H2,1-3H3. The molecule has 3 atom stereocenters. The number of esters is 1. The lowest BCUT2D eigenvalue weighted by Crippen LogP contribution is -2.48. The Hall–Kier alpha value is -0.610. The summed E-state index contributed by atoms with van der Waals surface area (Å²) in [6.45, 7) is 4.31. The summed E-state index contributed by atoms with van der Waals surface area (Å²) in [6, 6.07) is 0.822. The lowest BCUT2D eigenvalue weighted by Gasteiger charge is -2.33. The number of hydrogen-bond acceptors (Lipinski definition) is 4. The average Bonchev–Trinajstić information content (AvgIpc) is 2.89. The number of methoxy groups -OCH3 is 1. The van der Waals surface area contributed by atoms with E-state index in [1.54, 1.807) is 0 Å². The van der Waals surface area contributed by atoms with Gasteiger partial charge in [-0.2, -0.15) is 0 Å². The van der Waals surface area contributed by atoms with Crippen molar-refractivity contribution >= 4 is 5.97 Å². The first kappa shape index (κ1) is 15.8. The van der Waals surface area contributed by atoms with Gasteiger partial charge in [0, 0.05) is 6.04 Å². The Bertz CT molecular complexity index is 334. The van der Waals surface area contributed by atoms with E-state index in [1.807, 2.05) is 14.0 Å². The third kappa shape index (κ3) is 3.34. The van der Waals surface area contributed by atoms with Crippen molar-refractivity contribution < 1.29 is 9.53 Å². The molecule has 20 heavy (non-hydrogen) atoms. The number of nitrogens with zero attached hydrogens (tertiary/aromatic N) is 1. The zero-order valence-electron chi connectivity index (χ0n) is 13.3. The SMILES string of the molecule is CNC(C)(CCCN1CCC2CCCCC21)C(=O)OC. The van der Waals surface area contributed by atoms with Crippen molar-refractivity contribution in [3.63, 3.8) is 0 Å². The highest BCUT2D eigenvalue weighted by Crippen LogP contribution is 2.36. The van der Waals surface area contributed by atoms with Crippen LogP contribution in [-0.2, 0) is 9.53 Å². The summed E-state index contributed by atoms with van der Waals surface area (Å²) in [5.41, 5.74) is -0.541. The molecule has 0 amide bonds. The summed E-state index contributed by atoms with van der Waals surface area (Å²) in [4.78, 5) is 14.5. The maximum atomic E-state index is 11.8. The van der Waals surface area contributed by atoms with Crippen LogP contribution in [0.4, 0.5) is 0 Å². The Morgan fingerprint density at radius 1 is 1.35 bits per heavy atom. The number of carbonyl (C=O) groups is 1. The number of rotatable bonds is 6. The molecule has 0 bridgehead atoms. The normalized spacial score (nSPS) is 29.8. The molecule has 116 valence electrons. The van der Waals surface area contributed by atoms with Gasteiger partial charge in [-0.05, 0) is 65.1 Å². The van der Waals surface area contributed by atoms with Crippen LogP contribution in [0.25, 0.3) is 0 Å². The number of hydrogen-bond donors (Lipinski definition) is 1. The van der Waals surface area contributed by atoms with Gasteiger partial charge >= 0.3 is 5.97 Å². The van der Waals surface area contributed by atoms with Crippen LogP contribution in [0.3, 0.4) is 0 Å². The first-order valence-electron chi connectivity index (χ1n) is 8.12. The molecule has 1 heterocycles. The van der Waals surface area contributed by atoms with E-state index < -0.39 is 5.54 Å². The Morgan fingerprint density at radius 2 is 2.10 bits per heavy atom. The van der Waals surface area contributed by atoms with Crippen LogP contribution < -0.4 is 5.32 Å². The Kier molecular flexibility index (Phi) is 5.44. The molecule has 0 radical (unpaired) electrons. The van der Waals surface area contributed by atoms with Gasteiger partial charge in [0.1, 0.15) is 5.54 Å². The molecule has 1 saturated heterocycles. The Morgan fingerprint density at radius 3 is 2.80 bits per heavy atom. The third-order valence-corrected chi connectivity index (χ3v) is 5.43. The zero-order valence-corrected chi connectivity index (χ0v) is 13.3. The van der Waals surface area contributed by atoms with Gasteiger partial charge in [-0.25, -0.2) is 0 Å². The largest absolute Gasteiger partial charge is 0.468 e. The van der Waals surface area contributed by atoms with Crippen LogP contribution in [0.15, 0.2) is 0 Å². The van der Waals surface area contributed by atoms with E-state index >= 15 is 0 Å². The molecule has 0 aromatic heterocycles. The molecular formula is C16H30N2O2. The molecule has 1 saturated carbocycles. The highest BCUT2D eigenvalue weighted by atomic mass is 16.5. The number of carbonyl (C=O) groups excluding carboxylic acids is 1. The summed E-state index contributed by atoms with van der Waals surface area (Å²) >= 11 is 0. The zero-order chi connectivity index (χ0) is 14.6. The Labute approximate surface area is 123 Å². The predicted octanol–water partition coefficient (Wildman–Crippen LogP) is 2.18. The molecular weight excluding hydrogens is 252 g/mol. The summed E-state index contributed by atoms with van der Waals surface area (Å²) in [6.07, 6.45) is 8.90. The highest BCUT2D eigenvalue weighted by Gasteiger charge is 2.36. The van der Waals surface area contributed by atoms with E-state index in [9.17, 15) is 4.79 Å². The minimum absolute atomic E-state index is 0.156. The van der Waals surface area contributed by atoms with E-state index in [-0.39, 0.29) is 5.97 Å². The fraction of sp³-hybridized carbons (Fsp3) is 0.938. The van der Waals surface area contributed by atoms with E-state index in [0.29, 0.717) is 0 Å². The van der Waals surface area contributed by atoms with E-state index in [1.165, 1.54) is 45.8 Å². The number of fused-ring (bicyclic) bond motifs is 1. The second-order valence-corrected chi connectivity index (χ2v) is 6.61. The number of likely N-dealkylation sites (N-methyl/N-ethyl adjacent to an activating group) is 1. The summed E-state index contributed by atoms with van der Waals surface area (Å²) in [7, 11) is 3.30. The van der Waals surface area contributed by atoms with Crippen molar-refractivity contribution in [3.05, 3.63) is 0 Å². The van der Waals surface area contributed by atoms with Gasteiger partial charge < -0.3 is 15.0 Å². The van der Waals surface area contributed by atoms with Crippen molar-refractivity contribution in [2.24, 2.45) is 5.92 Å². The minimum Gasteiger partial charge on any atom is -0.468 e. The van der Waals surface area contributed by atoms with Gasteiger partial charge in [-0.1, -0.05) is 12.8 Å². The van der Waals surface area contributed by atoms with Crippen LogP contribution in [0.5, 0.6) is 0 Å². The lowest BCUT2D eigenvalue weighted by molar-refractivity contribution is -0.148. The lowest BCUT2D eigenvalue weighted by atomic mass is 9.85. The first-order chi connectivity index (χ1) is 9.60. The van der Waals surface area contributed by atoms with Crippen LogP contribution in [0.2, 0.25) is 0 Å². The van der Waals surface area contributed by atoms with E-state index in [2.05, 4.69) is 10.2 Å². The molecule has 3 unspecified atom stereocenters. The van der Waals surface area contributed by atoms with Crippen molar-refractivity contribution in [1.82, 2.24) is 10.2 Å². The topological polar surface area (TPSA) is 41.6 Å². The molecule has 0 aromatic carbocycles. The van der Waals surface area contributed by atoms with Crippen LogP contribution >= 0.6 is 0 Å². The second-order valence-electron chi connectivity index (χ2n) is 6.61. The quantitative estimate of drug-likeness (QED) is 0.758. The second kappa shape index (κ2) is 6.90. The summed E-state index contributed by atoms with van der Waals surface area (Å²) < 4.78 is 4.90. The van der Waals surface area contributed by atoms with Gasteiger partial charge in [0.05, 0.1) is 7.11 Å².